The van der Waals surface area contributed by atoms with E-state index in [4.69, 9.17) is 11.6 Å². The van der Waals surface area contributed by atoms with E-state index in [1.54, 1.807) is 24.5 Å². The van der Waals surface area contributed by atoms with Crippen LogP contribution in [0.15, 0.2) is 35.5 Å². The molecule has 0 N–H and O–H groups in total. The first kappa shape index (κ1) is 12.8. The monoisotopic (exact) mass is 327 g/mol. The van der Waals surface area contributed by atoms with E-state index >= 15 is 0 Å². The highest BCUT2D eigenvalue weighted by molar-refractivity contribution is 9.15. The predicted molar refractivity (Wildman–Crippen MR) is 82.4 cm³/mol. The molecular formula is C13H11BrClNS. The van der Waals surface area contributed by atoms with Gasteiger partial charge < -0.3 is 0 Å². The van der Waals surface area contributed by atoms with Gasteiger partial charge in [0, 0.05) is 15.8 Å². The van der Waals surface area contributed by atoms with Crippen LogP contribution in [0.5, 0.6) is 0 Å². The van der Waals surface area contributed by atoms with Crippen molar-refractivity contribution in [1.82, 2.24) is 0 Å². The van der Waals surface area contributed by atoms with Crippen LogP contribution in [0.25, 0.3) is 14.6 Å². The van der Waals surface area contributed by atoms with E-state index in [1.165, 1.54) is 15.6 Å². The van der Waals surface area contributed by atoms with E-state index in [0.717, 1.165) is 9.36 Å². The van der Waals surface area contributed by atoms with Gasteiger partial charge in [0.05, 0.1) is 4.48 Å². The lowest BCUT2D eigenvalue weighted by Crippen LogP contribution is -1.72. The lowest BCUT2D eigenvalue weighted by molar-refractivity contribution is 1.51. The number of aliphatic imine (C=N–C) groups is 1. The number of rotatable bonds is 2. The highest BCUT2D eigenvalue weighted by Gasteiger charge is 2.04. The van der Waals surface area contributed by atoms with Crippen molar-refractivity contribution in [2.24, 2.45) is 4.99 Å². The van der Waals surface area contributed by atoms with Gasteiger partial charge in [-0.05, 0) is 47.3 Å². The van der Waals surface area contributed by atoms with Gasteiger partial charge in [-0.15, -0.1) is 11.3 Å². The van der Waals surface area contributed by atoms with Crippen LogP contribution in [0.2, 0.25) is 0 Å². The standard InChI is InChI=1S/C13H11BrClNS/c1-8-3-4-12-10(5-8)6-13(17-12)11(14)7-16-9(2)15/h3-7H,1-2H3/b11-7+,16-9?. The third-order valence-corrected chi connectivity index (χ3v) is 4.40. The summed E-state index contributed by atoms with van der Waals surface area (Å²) in [5.41, 5.74) is 1.27. The van der Waals surface area contributed by atoms with E-state index < -0.39 is 0 Å². The van der Waals surface area contributed by atoms with Crippen LogP contribution in [-0.2, 0) is 0 Å². The summed E-state index contributed by atoms with van der Waals surface area (Å²) in [6.07, 6.45) is 1.74. The molecule has 88 valence electrons. The van der Waals surface area contributed by atoms with Crippen LogP contribution in [-0.4, -0.2) is 5.17 Å². The van der Waals surface area contributed by atoms with E-state index in [1.807, 2.05) is 0 Å². The number of benzene rings is 1. The topological polar surface area (TPSA) is 12.4 Å². The molecule has 0 saturated carbocycles. The SMILES string of the molecule is CC(Cl)=N/C=C(/Br)c1cc2cc(C)ccc2s1. The highest BCUT2D eigenvalue weighted by atomic mass is 79.9. The van der Waals surface area contributed by atoms with Crippen LogP contribution < -0.4 is 0 Å². The molecule has 17 heavy (non-hydrogen) atoms. The molecular weight excluding hydrogens is 318 g/mol. The van der Waals surface area contributed by atoms with Gasteiger partial charge in [0.25, 0.3) is 0 Å². The molecule has 1 heterocycles. The molecule has 0 fully saturated rings. The fourth-order valence-corrected chi connectivity index (χ4v) is 2.94. The normalized spacial score (nSPS) is 13.4. The van der Waals surface area contributed by atoms with Gasteiger partial charge in [-0.25, -0.2) is 4.99 Å². The minimum absolute atomic E-state index is 0.527. The summed E-state index contributed by atoms with van der Waals surface area (Å²) in [7, 11) is 0. The van der Waals surface area contributed by atoms with E-state index in [9.17, 15) is 0 Å². The zero-order chi connectivity index (χ0) is 12.4. The number of fused-ring (bicyclic) bond motifs is 1. The zero-order valence-electron chi connectivity index (χ0n) is 9.50. The van der Waals surface area contributed by atoms with E-state index in [2.05, 4.69) is 52.1 Å². The third kappa shape index (κ3) is 3.18. The Kier molecular flexibility index (Phi) is 4.02. The average Bonchev–Trinajstić information content (AvgIpc) is 2.68. The maximum absolute atomic E-state index is 5.70. The van der Waals surface area contributed by atoms with Crippen LogP contribution in [0.1, 0.15) is 17.4 Å². The smallest absolute Gasteiger partial charge is 0.103 e. The van der Waals surface area contributed by atoms with Crippen LogP contribution in [0.4, 0.5) is 0 Å². The van der Waals surface area contributed by atoms with Crippen molar-refractivity contribution in [3.63, 3.8) is 0 Å². The van der Waals surface area contributed by atoms with Crippen molar-refractivity contribution in [3.05, 3.63) is 40.9 Å². The lowest BCUT2D eigenvalue weighted by atomic mass is 10.2. The lowest BCUT2D eigenvalue weighted by Gasteiger charge is -1.90. The Bertz CT molecular complexity index is 609. The molecule has 2 aromatic rings. The number of nitrogens with zero attached hydrogens (tertiary/aromatic N) is 1. The summed E-state index contributed by atoms with van der Waals surface area (Å²) < 4.78 is 2.24. The fraction of sp³-hybridized carbons (Fsp3) is 0.154. The number of halogens is 2. The molecule has 0 unspecified atom stereocenters. The minimum Gasteiger partial charge on any atom is -0.248 e. The molecule has 4 heteroatoms. The molecule has 0 bridgehead atoms. The summed E-state index contributed by atoms with van der Waals surface area (Å²) in [6.45, 7) is 3.86. The summed E-state index contributed by atoms with van der Waals surface area (Å²) in [6, 6.07) is 8.62. The van der Waals surface area contributed by atoms with Gasteiger partial charge in [0.1, 0.15) is 5.17 Å². The van der Waals surface area contributed by atoms with Crippen molar-refractivity contribution < 1.29 is 0 Å². The summed E-state index contributed by atoms with van der Waals surface area (Å²) >= 11 is 11.0. The molecule has 0 aliphatic carbocycles. The second kappa shape index (κ2) is 5.34. The van der Waals surface area contributed by atoms with E-state index in [-0.39, 0.29) is 0 Å². The van der Waals surface area contributed by atoms with Crippen molar-refractivity contribution in [3.8, 4) is 0 Å². The maximum atomic E-state index is 5.70. The largest absolute Gasteiger partial charge is 0.248 e. The van der Waals surface area contributed by atoms with Crippen molar-refractivity contribution in [1.29, 1.82) is 0 Å². The van der Waals surface area contributed by atoms with Crippen molar-refractivity contribution >= 4 is 58.6 Å². The number of hydrogen-bond acceptors (Lipinski definition) is 2. The van der Waals surface area contributed by atoms with E-state index in [0.29, 0.717) is 5.17 Å². The number of hydrogen-bond donors (Lipinski definition) is 0. The quantitative estimate of drug-likeness (QED) is 0.640. The Balaban J connectivity index is 2.43. The summed E-state index contributed by atoms with van der Waals surface area (Å²) in [5.74, 6) is 0. The zero-order valence-corrected chi connectivity index (χ0v) is 12.7. The Morgan fingerprint density at radius 1 is 1.41 bits per heavy atom. The van der Waals surface area contributed by atoms with Gasteiger partial charge >= 0.3 is 0 Å². The highest BCUT2D eigenvalue weighted by Crippen LogP contribution is 2.33. The molecule has 0 atom stereocenters. The Hall–Kier alpha value is -0.640. The first-order valence-corrected chi connectivity index (χ1v) is 7.11. The molecule has 1 aromatic heterocycles. The molecule has 0 spiro atoms. The minimum atomic E-state index is 0.527. The molecule has 2 rings (SSSR count). The van der Waals surface area contributed by atoms with Crippen molar-refractivity contribution in [2.45, 2.75) is 13.8 Å². The Morgan fingerprint density at radius 3 is 2.88 bits per heavy atom. The third-order valence-electron chi connectivity index (χ3n) is 2.26. The van der Waals surface area contributed by atoms with Gasteiger partial charge in [-0.2, -0.15) is 0 Å². The number of thiophene rings is 1. The molecule has 0 aliphatic rings. The molecule has 1 nitrogen and oxygen atoms in total. The van der Waals surface area contributed by atoms with Crippen LogP contribution >= 0.6 is 38.9 Å². The fourth-order valence-electron chi connectivity index (χ4n) is 1.49. The van der Waals surface area contributed by atoms with Crippen LogP contribution in [0.3, 0.4) is 0 Å². The van der Waals surface area contributed by atoms with Crippen LogP contribution in [0, 0.1) is 6.92 Å². The molecule has 0 radical (unpaired) electrons. The second-order valence-electron chi connectivity index (χ2n) is 3.76. The molecule has 0 amide bonds. The Labute approximate surface area is 118 Å². The Morgan fingerprint density at radius 2 is 2.18 bits per heavy atom. The van der Waals surface area contributed by atoms with Gasteiger partial charge in [0.2, 0.25) is 0 Å². The summed E-state index contributed by atoms with van der Waals surface area (Å²) in [4.78, 5) is 5.23. The molecule has 1 aromatic carbocycles. The molecule has 0 saturated heterocycles. The molecule has 0 aliphatic heterocycles. The summed E-state index contributed by atoms with van der Waals surface area (Å²) in [5, 5.41) is 1.79. The average molecular weight is 329 g/mol. The van der Waals surface area contributed by atoms with Gasteiger partial charge in [0.15, 0.2) is 0 Å². The maximum Gasteiger partial charge on any atom is 0.103 e. The van der Waals surface area contributed by atoms with Crippen molar-refractivity contribution in [2.75, 3.05) is 0 Å². The number of aryl methyl sites for hydroxylation is 1. The first-order chi connectivity index (χ1) is 8.06. The van der Waals surface area contributed by atoms with Gasteiger partial charge in [-0.1, -0.05) is 29.3 Å². The predicted octanol–water partition coefficient (Wildman–Crippen LogP) is 5.56. The first-order valence-electron chi connectivity index (χ1n) is 5.12. The second-order valence-corrected chi connectivity index (χ2v) is 6.24. The van der Waals surface area contributed by atoms with Gasteiger partial charge in [-0.3, -0.25) is 0 Å².